The first-order chi connectivity index (χ1) is 7.86. The molecule has 0 N–H and O–H groups in total. The fourth-order valence-electron chi connectivity index (χ4n) is 2.02. The second-order valence-corrected chi connectivity index (χ2v) is 4.27. The molecular formula is C16H18. The van der Waals surface area contributed by atoms with Crippen molar-refractivity contribution in [1.29, 1.82) is 0 Å². The van der Waals surface area contributed by atoms with E-state index in [2.05, 4.69) is 61.5 Å². The number of benzene rings is 2. The second kappa shape index (κ2) is 5.50. The molecule has 0 saturated carbocycles. The van der Waals surface area contributed by atoms with Crippen molar-refractivity contribution in [2.24, 2.45) is 0 Å². The first kappa shape index (κ1) is 10.9. The molecule has 0 heterocycles. The van der Waals surface area contributed by atoms with Crippen LogP contribution in [0.4, 0.5) is 0 Å². The Morgan fingerprint density at radius 3 is 2.19 bits per heavy atom. The van der Waals surface area contributed by atoms with Gasteiger partial charge in [0.1, 0.15) is 0 Å². The molecule has 0 aliphatic rings. The highest BCUT2D eigenvalue weighted by atomic mass is 14.0. The van der Waals surface area contributed by atoms with Crippen molar-refractivity contribution in [3.63, 3.8) is 0 Å². The van der Waals surface area contributed by atoms with Crippen LogP contribution in [0, 0.1) is 6.92 Å². The van der Waals surface area contributed by atoms with Gasteiger partial charge in [0, 0.05) is 0 Å². The molecule has 2 aromatic rings. The molecule has 0 amide bonds. The van der Waals surface area contributed by atoms with E-state index in [-0.39, 0.29) is 0 Å². The van der Waals surface area contributed by atoms with Crippen LogP contribution in [-0.4, -0.2) is 0 Å². The van der Waals surface area contributed by atoms with Crippen LogP contribution in [0.15, 0.2) is 54.6 Å². The van der Waals surface area contributed by atoms with Crippen molar-refractivity contribution < 1.29 is 0 Å². The lowest BCUT2D eigenvalue weighted by molar-refractivity contribution is 0.816. The largest absolute Gasteiger partial charge is 0.0622 e. The van der Waals surface area contributed by atoms with Gasteiger partial charge in [0.2, 0.25) is 0 Å². The number of hydrogen-bond donors (Lipinski definition) is 0. The molecule has 16 heavy (non-hydrogen) atoms. The maximum absolute atomic E-state index is 2.24. The third-order valence-electron chi connectivity index (χ3n) is 3.02. The molecule has 82 valence electrons. The molecule has 2 aromatic carbocycles. The summed E-state index contributed by atoms with van der Waals surface area (Å²) in [5.74, 6) is 0. The second-order valence-electron chi connectivity index (χ2n) is 4.27. The highest BCUT2D eigenvalue weighted by Gasteiger charge is 1.97. The zero-order chi connectivity index (χ0) is 11.2. The predicted molar refractivity (Wildman–Crippen MR) is 69.6 cm³/mol. The molecule has 0 atom stereocenters. The Kier molecular flexibility index (Phi) is 3.76. The summed E-state index contributed by atoms with van der Waals surface area (Å²) in [5, 5.41) is 0. The standard InChI is InChI=1S/C16H18/c1-14-8-5-6-12-16(14)13-7-11-15-9-3-2-4-10-15/h2-6,8-10,12H,7,11,13H2,1H3. The Bertz CT molecular complexity index is 429. The molecule has 0 heteroatoms. The summed E-state index contributed by atoms with van der Waals surface area (Å²) in [7, 11) is 0. The first-order valence-corrected chi connectivity index (χ1v) is 5.95. The van der Waals surface area contributed by atoms with Crippen molar-refractivity contribution in [3.8, 4) is 0 Å². The van der Waals surface area contributed by atoms with Gasteiger partial charge in [-0.2, -0.15) is 0 Å². The topological polar surface area (TPSA) is 0 Å². The number of aryl methyl sites for hydroxylation is 3. The Labute approximate surface area is 97.9 Å². The first-order valence-electron chi connectivity index (χ1n) is 5.95. The summed E-state index contributed by atoms with van der Waals surface area (Å²) in [4.78, 5) is 0. The minimum atomic E-state index is 1.18. The van der Waals surface area contributed by atoms with Crippen LogP contribution in [0.1, 0.15) is 23.1 Å². The summed E-state index contributed by atoms with van der Waals surface area (Å²) in [6.45, 7) is 2.19. The Balaban J connectivity index is 1.87. The Morgan fingerprint density at radius 2 is 1.44 bits per heavy atom. The van der Waals surface area contributed by atoms with Crippen LogP contribution < -0.4 is 0 Å². The van der Waals surface area contributed by atoms with Gasteiger partial charge in [-0.1, -0.05) is 54.6 Å². The van der Waals surface area contributed by atoms with E-state index in [1.807, 2.05) is 0 Å². The molecule has 0 saturated heterocycles. The maximum Gasteiger partial charge on any atom is -0.0273 e. The smallest absolute Gasteiger partial charge is 0.0273 e. The molecule has 0 unspecified atom stereocenters. The highest BCUT2D eigenvalue weighted by Crippen LogP contribution is 2.11. The van der Waals surface area contributed by atoms with Crippen molar-refractivity contribution >= 4 is 0 Å². The molecule has 0 fully saturated rings. The van der Waals surface area contributed by atoms with Crippen molar-refractivity contribution in [2.45, 2.75) is 26.2 Å². The minimum Gasteiger partial charge on any atom is -0.0622 e. The Hall–Kier alpha value is -1.56. The van der Waals surface area contributed by atoms with E-state index < -0.39 is 0 Å². The monoisotopic (exact) mass is 210 g/mol. The van der Waals surface area contributed by atoms with Crippen LogP contribution in [0.2, 0.25) is 0 Å². The van der Waals surface area contributed by atoms with Crippen molar-refractivity contribution in [3.05, 3.63) is 71.3 Å². The van der Waals surface area contributed by atoms with Crippen molar-refractivity contribution in [2.75, 3.05) is 0 Å². The highest BCUT2D eigenvalue weighted by molar-refractivity contribution is 5.25. The van der Waals surface area contributed by atoms with Crippen LogP contribution in [0.3, 0.4) is 0 Å². The molecular weight excluding hydrogens is 192 g/mol. The normalized spacial score (nSPS) is 10.3. The van der Waals surface area contributed by atoms with Gasteiger partial charge in [-0.05, 0) is 42.9 Å². The SMILES string of the molecule is Cc1ccccc1CCCc1ccccc1. The van der Waals surface area contributed by atoms with E-state index in [9.17, 15) is 0 Å². The van der Waals surface area contributed by atoms with Gasteiger partial charge < -0.3 is 0 Å². The van der Waals surface area contributed by atoms with Crippen LogP contribution >= 0.6 is 0 Å². The van der Waals surface area contributed by atoms with E-state index in [0.29, 0.717) is 0 Å². The molecule has 0 nitrogen and oxygen atoms in total. The van der Waals surface area contributed by atoms with Gasteiger partial charge >= 0.3 is 0 Å². The molecule has 0 aliphatic heterocycles. The van der Waals surface area contributed by atoms with E-state index in [0.717, 1.165) is 0 Å². The van der Waals surface area contributed by atoms with Gasteiger partial charge in [-0.3, -0.25) is 0 Å². The van der Waals surface area contributed by atoms with E-state index in [1.54, 1.807) is 0 Å². The average molecular weight is 210 g/mol. The van der Waals surface area contributed by atoms with E-state index >= 15 is 0 Å². The number of hydrogen-bond acceptors (Lipinski definition) is 0. The predicted octanol–water partition coefficient (Wildman–Crippen LogP) is 4.17. The van der Waals surface area contributed by atoms with Gasteiger partial charge in [-0.15, -0.1) is 0 Å². The third-order valence-corrected chi connectivity index (χ3v) is 3.02. The maximum atomic E-state index is 2.24. The molecule has 0 aromatic heterocycles. The molecule has 0 aliphatic carbocycles. The van der Waals surface area contributed by atoms with E-state index in [1.165, 1.54) is 36.0 Å². The number of rotatable bonds is 4. The van der Waals surface area contributed by atoms with Crippen molar-refractivity contribution in [1.82, 2.24) is 0 Å². The third kappa shape index (κ3) is 2.96. The van der Waals surface area contributed by atoms with Gasteiger partial charge in [0.25, 0.3) is 0 Å². The van der Waals surface area contributed by atoms with Gasteiger partial charge in [-0.25, -0.2) is 0 Å². The van der Waals surface area contributed by atoms with Gasteiger partial charge in [0.05, 0.1) is 0 Å². The molecule has 2 rings (SSSR count). The summed E-state index contributed by atoms with van der Waals surface area (Å²) in [6.07, 6.45) is 3.59. The molecule has 0 radical (unpaired) electrons. The lowest BCUT2D eigenvalue weighted by Crippen LogP contribution is -1.92. The summed E-state index contributed by atoms with van der Waals surface area (Å²) in [6, 6.07) is 19.4. The summed E-state index contributed by atoms with van der Waals surface area (Å²) >= 11 is 0. The lowest BCUT2D eigenvalue weighted by Gasteiger charge is -2.05. The molecule has 0 bridgehead atoms. The lowest BCUT2D eigenvalue weighted by atomic mass is 10.0. The summed E-state index contributed by atoms with van der Waals surface area (Å²) in [5.41, 5.74) is 4.34. The summed E-state index contributed by atoms with van der Waals surface area (Å²) < 4.78 is 0. The van der Waals surface area contributed by atoms with Crippen LogP contribution in [0.5, 0.6) is 0 Å². The fourth-order valence-corrected chi connectivity index (χ4v) is 2.02. The van der Waals surface area contributed by atoms with Crippen LogP contribution in [-0.2, 0) is 12.8 Å². The fraction of sp³-hybridized carbons (Fsp3) is 0.250. The Morgan fingerprint density at radius 1 is 0.750 bits per heavy atom. The van der Waals surface area contributed by atoms with Gasteiger partial charge in [0.15, 0.2) is 0 Å². The molecule has 0 spiro atoms. The zero-order valence-corrected chi connectivity index (χ0v) is 9.82. The quantitative estimate of drug-likeness (QED) is 0.710. The minimum absolute atomic E-state index is 1.18. The van der Waals surface area contributed by atoms with E-state index in [4.69, 9.17) is 0 Å². The zero-order valence-electron chi connectivity index (χ0n) is 9.82. The van der Waals surface area contributed by atoms with Crippen LogP contribution in [0.25, 0.3) is 0 Å². The average Bonchev–Trinajstić information content (AvgIpc) is 2.33.